The van der Waals surface area contributed by atoms with Crippen LogP contribution in [0.25, 0.3) is 5.69 Å². The van der Waals surface area contributed by atoms with Crippen molar-refractivity contribution in [3.05, 3.63) is 66.5 Å². The van der Waals surface area contributed by atoms with Gasteiger partial charge in [-0.15, -0.1) is 10.2 Å². The monoisotopic (exact) mass is 378 g/mol. The van der Waals surface area contributed by atoms with Gasteiger partial charge in [0.25, 0.3) is 0 Å². The summed E-state index contributed by atoms with van der Waals surface area (Å²) in [4.78, 5) is 14.6. The summed E-state index contributed by atoms with van der Waals surface area (Å²) >= 11 is 1.46. The number of rotatable bonds is 6. The largest absolute Gasteiger partial charge is 0.315 e. The van der Waals surface area contributed by atoms with E-state index in [2.05, 4.69) is 26.9 Å². The maximum absolute atomic E-state index is 12.9. The molecule has 3 aromatic rings. The Labute approximate surface area is 163 Å². The molecule has 4 rings (SSSR count). The van der Waals surface area contributed by atoms with E-state index >= 15 is 0 Å². The summed E-state index contributed by atoms with van der Waals surface area (Å²) < 4.78 is 2.11. The van der Waals surface area contributed by atoms with Crippen molar-refractivity contribution in [3.8, 4) is 5.69 Å². The van der Waals surface area contributed by atoms with Crippen molar-refractivity contribution in [2.45, 2.75) is 36.1 Å². The molecule has 1 aliphatic carbocycles. The predicted octanol–water partition coefficient (Wildman–Crippen LogP) is 4.29. The zero-order chi connectivity index (χ0) is 18.8. The van der Waals surface area contributed by atoms with E-state index in [9.17, 15) is 4.79 Å². The van der Waals surface area contributed by atoms with Crippen LogP contribution in [0, 0.1) is 0 Å². The Kier molecular flexibility index (Phi) is 4.99. The number of thioether (sulfide) groups is 1. The van der Waals surface area contributed by atoms with E-state index in [-0.39, 0.29) is 11.2 Å². The number of carbonyl (C=O) groups excluding carboxylic acids is 1. The summed E-state index contributed by atoms with van der Waals surface area (Å²) in [7, 11) is 1.81. The number of para-hydroxylation sites is 2. The van der Waals surface area contributed by atoms with Gasteiger partial charge in [0.15, 0.2) is 5.16 Å². The molecule has 1 saturated carbocycles. The first-order valence-electron chi connectivity index (χ1n) is 9.15. The molecule has 5 nitrogen and oxygen atoms in total. The minimum absolute atomic E-state index is 0.0433. The maximum atomic E-state index is 12.9. The molecule has 1 heterocycles. The van der Waals surface area contributed by atoms with Crippen molar-refractivity contribution in [3.63, 3.8) is 0 Å². The third-order valence-corrected chi connectivity index (χ3v) is 5.75. The van der Waals surface area contributed by atoms with Crippen LogP contribution in [0.15, 0.2) is 65.8 Å². The van der Waals surface area contributed by atoms with Crippen molar-refractivity contribution in [2.24, 2.45) is 0 Å². The molecule has 0 unspecified atom stereocenters. The molecular weight excluding hydrogens is 356 g/mol. The van der Waals surface area contributed by atoms with Crippen molar-refractivity contribution in [1.29, 1.82) is 0 Å². The van der Waals surface area contributed by atoms with Crippen LogP contribution in [-0.2, 0) is 4.79 Å². The minimum Gasteiger partial charge on any atom is -0.315 e. The molecule has 1 amide bonds. The quantitative estimate of drug-likeness (QED) is 0.601. The Balaban J connectivity index is 1.58. The van der Waals surface area contributed by atoms with Crippen molar-refractivity contribution >= 4 is 23.4 Å². The first kappa shape index (κ1) is 17.8. The van der Waals surface area contributed by atoms with E-state index in [4.69, 9.17) is 0 Å². The van der Waals surface area contributed by atoms with Crippen LogP contribution in [0.5, 0.6) is 0 Å². The lowest BCUT2D eigenvalue weighted by molar-refractivity contribution is -0.117. The number of hydrogen-bond acceptors (Lipinski definition) is 4. The number of nitrogens with zero attached hydrogens (tertiary/aromatic N) is 4. The zero-order valence-electron chi connectivity index (χ0n) is 15.4. The lowest BCUT2D eigenvalue weighted by Gasteiger charge is -2.21. The van der Waals surface area contributed by atoms with Gasteiger partial charge in [0.2, 0.25) is 5.91 Å². The molecule has 0 saturated heterocycles. The third kappa shape index (κ3) is 3.76. The highest BCUT2D eigenvalue weighted by molar-refractivity contribution is 8.00. The maximum Gasteiger partial charge on any atom is 0.240 e. The van der Waals surface area contributed by atoms with E-state index < -0.39 is 0 Å². The molecule has 2 aromatic carbocycles. The molecule has 0 bridgehead atoms. The number of aromatic nitrogens is 3. The Morgan fingerprint density at radius 3 is 2.33 bits per heavy atom. The normalized spacial score (nSPS) is 14.7. The molecule has 0 N–H and O–H groups in total. The SMILES string of the molecule is C[C@@H](Sc1nnc(C2CC2)n1-c1ccccc1)C(=O)N(C)c1ccccc1. The van der Waals surface area contributed by atoms with Crippen LogP contribution in [0.3, 0.4) is 0 Å². The second-order valence-electron chi connectivity index (χ2n) is 6.78. The van der Waals surface area contributed by atoms with Crippen LogP contribution < -0.4 is 4.90 Å². The van der Waals surface area contributed by atoms with Gasteiger partial charge in [0, 0.05) is 24.3 Å². The van der Waals surface area contributed by atoms with Gasteiger partial charge in [-0.2, -0.15) is 0 Å². The summed E-state index contributed by atoms with van der Waals surface area (Å²) in [5, 5.41) is 9.35. The summed E-state index contributed by atoms with van der Waals surface area (Å²) in [5.74, 6) is 1.52. The average molecular weight is 379 g/mol. The van der Waals surface area contributed by atoms with Gasteiger partial charge in [-0.05, 0) is 44.0 Å². The highest BCUT2D eigenvalue weighted by Crippen LogP contribution is 2.41. The zero-order valence-corrected chi connectivity index (χ0v) is 16.3. The second kappa shape index (κ2) is 7.56. The van der Waals surface area contributed by atoms with E-state index in [1.54, 1.807) is 4.90 Å². The van der Waals surface area contributed by atoms with Crippen LogP contribution in [0.1, 0.15) is 31.5 Å². The highest BCUT2D eigenvalue weighted by atomic mass is 32.2. The van der Waals surface area contributed by atoms with Gasteiger partial charge in [-0.1, -0.05) is 48.2 Å². The molecule has 27 heavy (non-hydrogen) atoms. The van der Waals surface area contributed by atoms with E-state index in [0.29, 0.717) is 5.92 Å². The van der Waals surface area contributed by atoms with Gasteiger partial charge >= 0.3 is 0 Å². The molecule has 138 valence electrons. The topological polar surface area (TPSA) is 51.0 Å². The molecule has 0 radical (unpaired) electrons. The Bertz CT molecular complexity index is 922. The summed E-state index contributed by atoms with van der Waals surface area (Å²) in [5.41, 5.74) is 1.93. The van der Waals surface area contributed by atoms with Crippen molar-refractivity contribution in [2.75, 3.05) is 11.9 Å². The van der Waals surface area contributed by atoms with E-state index in [0.717, 1.165) is 35.2 Å². The molecule has 1 fully saturated rings. The van der Waals surface area contributed by atoms with Gasteiger partial charge in [-0.3, -0.25) is 9.36 Å². The fourth-order valence-electron chi connectivity index (χ4n) is 3.04. The number of benzene rings is 2. The molecule has 6 heteroatoms. The molecule has 1 atom stereocenters. The smallest absolute Gasteiger partial charge is 0.240 e. The first-order valence-corrected chi connectivity index (χ1v) is 10.0. The number of carbonyl (C=O) groups is 1. The Hall–Kier alpha value is -2.60. The van der Waals surface area contributed by atoms with Crippen LogP contribution >= 0.6 is 11.8 Å². The molecular formula is C21H22N4OS. The van der Waals surface area contributed by atoms with Crippen molar-refractivity contribution in [1.82, 2.24) is 14.8 Å². The van der Waals surface area contributed by atoms with Gasteiger partial charge in [-0.25, -0.2) is 0 Å². The summed E-state index contributed by atoms with van der Waals surface area (Å²) in [6.45, 7) is 1.92. The first-order chi connectivity index (χ1) is 13.1. The molecule has 0 spiro atoms. The Morgan fingerprint density at radius 1 is 1.07 bits per heavy atom. The minimum atomic E-state index is -0.270. The van der Waals surface area contributed by atoms with Gasteiger partial charge in [0.1, 0.15) is 5.82 Å². The molecule has 0 aliphatic heterocycles. The summed E-state index contributed by atoms with van der Waals surface area (Å²) in [6.07, 6.45) is 2.31. The van der Waals surface area contributed by atoms with E-state index in [1.165, 1.54) is 11.8 Å². The fraction of sp³-hybridized carbons (Fsp3) is 0.286. The number of anilines is 1. The number of hydrogen-bond donors (Lipinski definition) is 0. The van der Waals surface area contributed by atoms with Gasteiger partial charge < -0.3 is 4.90 Å². The van der Waals surface area contributed by atoms with Crippen LogP contribution in [0.4, 0.5) is 5.69 Å². The summed E-state index contributed by atoms with van der Waals surface area (Å²) in [6, 6.07) is 19.8. The lowest BCUT2D eigenvalue weighted by atomic mass is 10.3. The fourth-order valence-corrected chi connectivity index (χ4v) is 4.01. The third-order valence-electron chi connectivity index (χ3n) is 4.72. The molecule has 1 aliphatic rings. The van der Waals surface area contributed by atoms with Gasteiger partial charge in [0.05, 0.1) is 5.25 Å². The van der Waals surface area contributed by atoms with E-state index in [1.807, 2.05) is 62.5 Å². The van der Waals surface area contributed by atoms with Crippen LogP contribution in [-0.4, -0.2) is 33.0 Å². The highest BCUT2D eigenvalue weighted by Gasteiger charge is 2.32. The Morgan fingerprint density at radius 2 is 1.70 bits per heavy atom. The second-order valence-corrected chi connectivity index (χ2v) is 8.09. The molecule has 1 aromatic heterocycles. The van der Waals surface area contributed by atoms with Crippen molar-refractivity contribution < 1.29 is 4.79 Å². The number of amides is 1. The lowest BCUT2D eigenvalue weighted by Crippen LogP contribution is -2.33. The standard InChI is InChI=1S/C21H22N4OS/c1-15(20(26)24(2)17-9-5-3-6-10-17)27-21-23-22-19(16-13-14-16)25(21)18-11-7-4-8-12-18/h3-12,15-16H,13-14H2,1-2H3/t15-/m1/s1. The predicted molar refractivity (Wildman–Crippen MR) is 109 cm³/mol. The average Bonchev–Trinajstić information content (AvgIpc) is 3.48. The van der Waals surface area contributed by atoms with Crippen LogP contribution in [0.2, 0.25) is 0 Å².